The Morgan fingerprint density at radius 3 is 2.81 bits per heavy atom. The molecule has 0 saturated heterocycles. The maximum absolute atomic E-state index is 13.1. The van der Waals surface area contributed by atoms with Gasteiger partial charge in [0.1, 0.15) is 11.6 Å². The molecular weight excluding hydrogens is 270 g/mol. The topological polar surface area (TPSA) is 24.9 Å². The van der Waals surface area contributed by atoms with E-state index in [4.69, 9.17) is 0 Å². The predicted octanol–water partition coefficient (Wildman–Crippen LogP) is 3.57. The molecule has 1 heterocycles. The van der Waals surface area contributed by atoms with Gasteiger partial charge >= 0.3 is 0 Å². The molecule has 1 atom stereocenters. The van der Waals surface area contributed by atoms with Crippen molar-refractivity contribution in [2.45, 2.75) is 31.7 Å². The summed E-state index contributed by atoms with van der Waals surface area (Å²) in [6.07, 6.45) is 5.71. The lowest BCUT2D eigenvalue weighted by Gasteiger charge is -2.25. The zero-order chi connectivity index (χ0) is 14.7. The lowest BCUT2D eigenvalue weighted by atomic mass is 9.92. The van der Waals surface area contributed by atoms with E-state index in [0.29, 0.717) is 18.5 Å². The Balaban J connectivity index is 1.61. The van der Waals surface area contributed by atoms with Crippen LogP contribution in [0.1, 0.15) is 35.7 Å². The standard InChI is InChI=1S/C17H18F2N2/c18-14-9-12(10-15(19)11-14)6-8-20-16-5-1-3-13-4-2-7-21-17(13)16/h2,4,7,9-11,16,20H,1,3,5-6,8H2. The zero-order valence-corrected chi connectivity index (χ0v) is 11.8. The van der Waals surface area contributed by atoms with Crippen LogP contribution in [0.3, 0.4) is 0 Å². The summed E-state index contributed by atoms with van der Waals surface area (Å²) >= 11 is 0. The lowest BCUT2D eigenvalue weighted by Crippen LogP contribution is -2.28. The molecule has 1 aliphatic carbocycles. The van der Waals surface area contributed by atoms with Gasteiger partial charge in [-0.15, -0.1) is 0 Å². The summed E-state index contributed by atoms with van der Waals surface area (Å²) in [5.74, 6) is -1.04. The van der Waals surface area contributed by atoms with Crippen LogP contribution in [-0.2, 0) is 12.8 Å². The molecule has 2 aromatic rings. The van der Waals surface area contributed by atoms with Crippen molar-refractivity contribution < 1.29 is 8.78 Å². The van der Waals surface area contributed by atoms with Crippen molar-refractivity contribution >= 4 is 0 Å². The molecule has 1 unspecified atom stereocenters. The summed E-state index contributed by atoms with van der Waals surface area (Å²) in [6, 6.07) is 8.01. The molecule has 1 aliphatic rings. The zero-order valence-electron chi connectivity index (χ0n) is 11.8. The minimum atomic E-state index is -0.519. The van der Waals surface area contributed by atoms with Crippen molar-refractivity contribution in [2.24, 2.45) is 0 Å². The molecule has 1 aromatic heterocycles. The van der Waals surface area contributed by atoms with Gasteiger partial charge in [0.25, 0.3) is 0 Å². The SMILES string of the molecule is Fc1cc(F)cc(CCNC2CCCc3cccnc32)c1. The molecule has 1 aromatic carbocycles. The fourth-order valence-corrected chi connectivity index (χ4v) is 2.95. The van der Waals surface area contributed by atoms with Crippen LogP contribution in [-0.4, -0.2) is 11.5 Å². The molecule has 0 amide bonds. The van der Waals surface area contributed by atoms with E-state index in [0.717, 1.165) is 31.0 Å². The van der Waals surface area contributed by atoms with E-state index >= 15 is 0 Å². The average Bonchev–Trinajstić information content (AvgIpc) is 2.46. The molecule has 21 heavy (non-hydrogen) atoms. The minimum absolute atomic E-state index is 0.244. The van der Waals surface area contributed by atoms with E-state index in [9.17, 15) is 8.78 Å². The van der Waals surface area contributed by atoms with E-state index in [1.54, 1.807) is 0 Å². The summed E-state index contributed by atoms with van der Waals surface area (Å²) in [5, 5.41) is 3.46. The van der Waals surface area contributed by atoms with Crippen LogP contribution in [0.4, 0.5) is 8.78 Å². The molecule has 110 valence electrons. The number of halogens is 2. The molecular formula is C17H18F2N2. The number of nitrogens with one attached hydrogen (secondary N) is 1. The van der Waals surface area contributed by atoms with Crippen molar-refractivity contribution in [3.05, 3.63) is 65.0 Å². The second kappa shape index (κ2) is 6.31. The number of nitrogens with zero attached hydrogens (tertiary/aromatic N) is 1. The maximum Gasteiger partial charge on any atom is 0.126 e. The van der Waals surface area contributed by atoms with Crippen molar-refractivity contribution in [3.8, 4) is 0 Å². The van der Waals surface area contributed by atoms with E-state index in [1.165, 1.54) is 17.7 Å². The fraction of sp³-hybridized carbons (Fsp3) is 0.353. The molecule has 0 radical (unpaired) electrons. The Morgan fingerprint density at radius 1 is 1.19 bits per heavy atom. The van der Waals surface area contributed by atoms with Gasteiger partial charge in [-0.2, -0.15) is 0 Å². The molecule has 0 bridgehead atoms. The van der Waals surface area contributed by atoms with Crippen LogP contribution in [0, 0.1) is 11.6 Å². The largest absolute Gasteiger partial charge is 0.308 e. The first-order valence-corrected chi connectivity index (χ1v) is 7.34. The normalized spacial score (nSPS) is 17.5. The highest BCUT2D eigenvalue weighted by atomic mass is 19.1. The Hall–Kier alpha value is -1.81. The van der Waals surface area contributed by atoms with Gasteiger partial charge in [-0.3, -0.25) is 4.98 Å². The van der Waals surface area contributed by atoms with Crippen LogP contribution >= 0.6 is 0 Å². The third kappa shape index (κ3) is 3.45. The van der Waals surface area contributed by atoms with Gasteiger partial charge in [0.2, 0.25) is 0 Å². The van der Waals surface area contributed by atoms with E-state index in [-0.39, 0.29) is 6.04 Å². The quantitative estimate of drug-likeness (QED) is 0.930. The fourth-order valence-electron chi connectivity index (χ4n) is 2.95. The molecule has 0 spiro atoms. The number of hydrogen-bond acceptors (Lipinski definition) is 2. The second-order valence-corrected chi connectivity index (χ2v) is 5.47. The van der Waals surface area contributed by atoms with Crippen molar-refractivity contribution in [1.82, 2.24) is 10.3 Å². The van der Waals surface area contributed by atoms with Crippen LogP contribution in [0.15, 0.2) is 36.5 Å². The first-order valence-electron chi connectivity index (χ1n) is 7.34. The van der Waals surface area contributed by atoms with E-state index in [1.807, 2.05) is 12.3 Å². The Bertz CT molecular complexity index is 608. The number of aryl methyl sites for hydroxylation is 1. The van der Waals surface area contributed by atoms with E-state index in [2.05, 4.69) is 16.4 Å². The Labute approximate surface area is 123 Å². The van der Waals surface area contributed by atoms with Crippen LogP contribution in [0.2, 0.25) is 0 Å². The van der Waals surface area contributed by atoms with Gasteiger partial charge in [-0.1, -0.05) is 6.07 Å². The van der Waals surface area contributed by atoms with Gasteiger partial charge in [-0.25, -0.2) is 8.78 Å². The highest BCUT2D eigenvalue weighted by Crippen LogP contribution is 2.27. The number of aromatic nitrogens is 1. The number of rotatable bonds is 4. The number of fused-ring (bicyclic) bond motifs is 1. The first kappa shape index (κ1) is 14.1. The van der Waals surface area contributed by atoms with Gasteiger partial charge in [0.15, 0.2) is 0 Å². The van der Waals surface area contributed by atoms with Gasteiger partial charge in [0.05, 0.1) is 5.69 Å². The molecule has 2 nitrogen and oxygen atoms in total. The number of pyridine rings is 1. The molecule has 3 rings (SSSR count). The summed E-state index contributed by atoms with van der Waals surface area (Å²) in [5.41, 5.74) is 3.10. The highest BCUT2D eigenvalue weighted by Gasteiger charge is 2.20. The van der Waals surface area contributed by atoms with Crippen LogP contribution < -0.4 is 5.32 Å². The Morgan fingerprint density at radius 2 is 2.00 bits per heavy atom. The summed E-state index contributed by atoms with van der Waals surface area (Å²) < 4.78 is 26.3. The highest BCUT2D eigenvalue weighted by molar-refractivity contribution is 5.25. The van der Waals surface area contributed by atoms with Gasteiger partial charge < -0.3 is 5.32 Å². The first-order chi connectivity index (χ1) is 10.2. The molecule has 0 saturated carbocycles. The monoisotopic (exact) mass is 288 g/mol. The van der Waals surface area contributed by atoms with Crippen LogP contribution in [0.5, 0.6) is 0 Å². The molecule has 4 heteroatoms. The smallest absolute Gasteiger partial charge is 0.126 e. The van der Waals surface area contributed by atoms with E-state index < -0.39 is 11.6 Å². The lowest BCUT2D eigenvalue weighted by molar-refractivity contribution is 0.451. The van der Waals surface area contributed by atoms with Crippen molar-refractivity contribution in [2.75, 3.05) is 6.54 Å². The molecule has 0 fully saturated rings. The predicted molar refractivity (Wildman–Crippen MR) is 78.0 cm³/mol. The summed E-state index contributed by atoms with van der Waals surface area (Å²) in [7, 11) is 0. The third-order valence-electron chi connectivity index (χ3n) is 3.92. The minimum Gasteiger partial charge on any atom is -0.308 e. The number of hydrogen-bond donors (Lipinski definition) is 1. The van der Waals surface area contributed by atoms with Crippen LogP contribution in [0.25, 0.3) is 0 Å². The van der Waals surface area contributed by atoms with Gasteiger partial charge in [-0.05, 0) is 61.6 Å². The summed E-state index contributed by atoms with van der Waals surface area (Å²) in [4.78, 5) is 4.47. The Kier molecular flexibility index (Phi) is 4.25. The number of benzene rings is 1. The van der Waals surface area contributed by atoms with Crippen molar-refractivity contribution in [1.29, 1.82) is 0 Å². The van der Waals surface area contributed by atoms with Crippen molar-refractivity contribution in [3.63, 3.8) is 0 Å². The second-order valence-electron chi connectivity index (χ2n) is 5.47. The van der Waals surface area contributed by atoms with Gasteiger partial charge in [0, 0.05) is 18.3 Å². The third-order valence-corrected chi connectivity index (χ3v) is 3.92. The maximum atomic E-state index is 13.1. The summed E-state index contributed by atoms with van der Waals surface area (Å²) in [6.45, 7) is 0.684. The molecule has 1 N–H and O–H groups in total. The molecule has 0 aliphatic heterocycles. The average molecular weight is 288 g/mol.